The van der Waals surface area contributed by atoms with Gasteiger partial charge in [-0.1, -0.05) is 13.8 Å². The quantitative estimate of drug-likeness (QED) is 0.797. The Morgan fingerprint density at radius 3 is 2.63 bits per heavy atom. The van der Waals surface area contributed by atoms with Crippen LogP contribution in [0, 0.1) is 5.41 Å². The van der Waals surface area contributed by atoms with Gasteiger partial charge in [-0.25, -0.2) is 9.97 Å². The molecule has 1 aliphatic heterocycles. The summed E-state index contributed by atoms with van der Waals surface area (Å²) < 4.78 is 0. The van der Waals surface area contributed by atoms with Crippen molar-refractivity contribution >= 4 is 22.4 Å². The molecule has 0 atom stereocenters. The highest BCUT2D eigenvalue weighted by molar-refractivity contribution is 5.91. The first kappa shape index (κ1) is 12.2. The van der Waals surface area contributed by atoms with Crippen LogP contribution in [0.15, 0.2) is 24.5 Å². The predicted molar refractivity (Wildman–Crippen MR) is 79.2 cm³/mol. The van der Waals surface area contributed by atoms with Crippen LogP contribution < -0.4 is 10.6 Å². The Kier molecular flexibility index (Phi) is 2.81. The van der Waals surface area contributed by atoms with Gasteiger partial charge in [0, 0.05) is 24.2 Å². The van der Waals surface area contributed by atoms with Gasteiger partial charge in [0.15, 0.2) is 0 Å². The molecule has 1 aliphatic rings. The summed E-state index contributed by atoms with van der Waals surface area (Å²) in [6, 6.07) is 5.83. The van der Waals surface area contributed by atoms with Crippen LogP contribution in [0.5, 0.6) is 0 Å². The third kappa shape index (κ3) is 2.35. The van der Waals surface area contributed by atoms with Crippen molar-refractivity contribution in [3.63, 3.8) is 0 Å². The number of fused-ring (bicyclic) bond motifs is 1. The van der Waals surface area contributed by atoms with Crippen LogP contribution in [-0.4, -0.2) is 23.1 Å². The van der Waals surface area contributed by atoms with E-state index in [2.05, 4.69) is 28.7 Å². The fourth-order valence-corrected chi connectivity index (χ4v) is 2.64. The zero-order valence-corrected chi connectivity index (χ0v) is 11.6. The average Bonchev–Trinajstić information content (AvgIpc) is 2.38. The molecular weight excluding hydrogens is 236 g/mol. The third-order valence-corrected chi connectivity index (χ3v) is 4.05. The second-order valence-corrected chi connectivity index (χ2v) is 6.13. The first-order valence-corrected chi connectivity index (χ1v) is 6.80. The second kappa shape index (κ2) is 4.37. The normalized spacial score (nSPS) is 18.7. The minimum Gasteiger partial charge on any atom is -0.399 e. The predicted octanol–water partition coefficient (Wildman–Crippen LogP) is 2.84. The number of aromatic nitrogens is 2. The number of nitrogens with zero attached hydrogens (tertiary/aromatic N) is 3. The molecule has 2 heterocycles. The molecule has 19 heavy (non-hydrogen) atoms. The minimum atomic E-state index is 0.443. The molecule has 4 heteroatoms. The van der Waals surface area contributed by atoms with Crippen molar-refractivity contribution in [1.29, 1.82) is 0 Å². The number of hydrogen-bond donors (Lipinski definition) is 1. The highest BCUT2D eigenvalue weighted by Crippen LogP contribution is 2.33. The topological polar surface area (TPSA) is 55.0 Å². The van der Waals surface area contributed by atoms with Crippen molar-refractivity contribution < 1.29 is 0 Å². The van der Waals surface area contributed by atoms with Crippen LogP contribution >= 0.6 is 0 Å². The number of nitrogen functional groups attached to an aromatic ring is 1. The van der Waals surface area contributed by atoms with Crippen molar-refractivity contribution in [3.05, 3.63) is 24.5 Å². The maximum atomic E-state index is 5.89. The van der Waals surface area contributed by atoms with Crippen molar-refractivity contribution in [2.45, 2.75) is 26.7 Å². The van der Waals surface area contributed by atoms with Crippen LogP contribution in [0.1, 0.15) is 26.7 Å². The lowest BCUT2D eigenvalue weighted by molar-refractivity contribution is 0.279. The number of benzene rings is 1. The molecular formula is C15H20N4. The molecule has 0 unspecified atom stereocenters. The molecule has 2 N–H and O–H groups in total. The molecule has 4 nitrogen and oxygen atoms in total. The van der Waals surface area contributed by atoms with Crippen molar-refractivity contribution in [1.82, 2.24) is 9.97 Å². The zero-order chi connectivity index (χ0) is 13.5. The standard InChI is InChI=1S/C15H20N4/c1-15(2)5-7-19(8-6-15)14-12-9-11(16)3-4-13(12)17-10-18-14/h3-4,9-10H,5-8,16H2,1-2H3. The molecule has 0 bridgehead atoms. The zero-order valence-electron chi connectivity index (χ0n) is 11.6. The first-order chi connectivity index (χ1) is 9.05. The summed E-state index contributed by atoms with van der Waals surface area (Å²) in [6.07, 6.45) is 4.04. The van der Waals surface area contributed by atoms with Gasteiger partial charge in [0.25, 0.3) is 0 Å². The highest BCUT2D eigenvalue weighted by atomic mass is 15.2. The Hall–Kier alpha value is -1.84. The summed E-state index contributed by atoms with van der Waals surface area (Å²) in [4.78, 5) is 11.1. The van der Waals surface area contributed by atoms with E-state index in [1.54, 1.807) is 6.33 Å². The molecule has 0 radical (unpaired) electrons. The summed E-state index contributed by atoms with van der Waals surface area (Å²) in [5, 5.41) is 1.06. The van der Waals surface area contributed by atoms with E-state index in [9.17, 15) is 0 Å². The van der Waals surface area contributed by atoms with Crippen molar-refractivity contribution in [2.24, 2.45) is 5.41 Å². The molecule has 0 amide bonds. The molecule has 0 saturated carbocycles. The van der Waals surface area contributed by atoms with Gasteiger partial charge < -0.3 is 10.6 Å². The average molecular weight is 256 g/mol. The van der Waals surface area contributed by atoms with E-state index in [4.69, 9.17) is 5.73 Å². The monoisotopic (exact) mass is 256 g/mol. The maximum Gasteiger partial charge on any atom is 0.139 e. The molecule has 1 saturated heterocycles. The van der Waals surface area contributed by atoms with Crippen LogP contribution in [-0.2, 0) is 0 Å². The van der Waals surface area contributed by atoms with Crippen LogP contribution in [0.3, 0.4) is 0 Å². The number of rotatable bonds is 1. The van der Waals surface area contributed by atoms with Gasteiger partial charge in [-0.15, -0.1) is 0 Å². The van der Waals surface area contributed by atoms with Gasteiger partial charge in [-0.05, 0) is 36.5 Å². The fourth-order valence-electron chi connectivity index (χ4n) is 2.64. The maximum absolute atomic E-state index is 5.89. The molecule has 1 aromatic heterocycles. The minimum absolute atomic E-state index is 0.443. The van der Waals surface area contributed by atoms with Crippen LogP contribution in [0.2, 0.25) is 0 Å². The molecule has 1 fully saturated rings. The fraction of sp³-hybridized carbons (Fsp3) is 0.467. The van der Waals surface area contributed by atoms with Crippen molar-refractivity contribution in [3.8, 4) is 0 Å². The largest absolute Gasteiger partial charge is 0.399 e. The van der Waals surface area contributed by atoms with E-state index in [-0.39, 0.29) is 0 Å². The summed E-state index contributed by atoms with van der Waals surface area (Å²) in [5.74, 6) is 1.02. The van der Waals surface area contributed by atoms with Gasteiger partial charge in [-0.3, -0.25) is 0 Å². The van der Waals surface area contributed by atoms with Gasteiger partial charge >= 0.3 is 0 Å². The van der Waals surface area contributed by atoms with Gasteiger partial charge in [0.05, 0.1) is 5.52 Å². The molecule has 0 aliphatic carbocycles. The lowest BCUT2D eigenvalue weighted by atomic mass is 9.82. The number of nitrogens with two attached hydrogens (primary N) is 1. The summed E-state index contributed by atoms with van der Waals surface area (Å²) >= 11 is 0. The van der Waals surface area contributed by atoms with E-state index in [1.165, 1.54) is 12.8 Å². The molecule has 100 valence electrons. The lowest BCUT2D eigenvalue weighted by Crippen LogP contribution is -2.37. The first-order valence-electron chi connectivity index (χ1n) is 6.80. The summed E-state index contributed by atoms with van der Waals surface area (Å²) in [7, 11) is 0. The number of hydrogen-bond acceptors (Lipinski definition) is 4. The second-order valence-electron chi connectivity index (χ2n) is 6.13. The van der Waals surface area contributed by atoms with Crippen LogP contribution in [0.4, 0.5) is 11.5 Å². The Labute approximate surface area is 113 Å². The SMILES string of the molecule is CC1(C)CCN(c2ncnc3ccc(N)cc23)CC1. The third-order valence-electron chi connectivity index (χ3n) is 4.05. The molecule has 1 aromatic carbocycles. The smallest absolute Gasteiger partial charge is 0.139 e. The Morgan fingerprint density at radius 2 is 1.89 bits per heavy atom. The Bertz CT molecular complexity index is 596. The van der Waals surface area contributed by atoms with Gasteiger partial charge in [0.2, 0.25) is 0 Å². The van der Waals surface area contributed by atoms with Gasteiger partial charge in [-0.2, -0.15) is 0 Å². The highest BCUT2D eigenvalue weighted by Gasteiger charge is 2.26. The molecule has 0 spiro atoms. The molecule has 2 aromatic rings. The van der Waals surface area contributed by atoms with E-state index in [1.807, 2.05) is 18.2 Å². The van der Waals surface area contributed by atoms with Crippen molar-refractivity contribution in [2.75, 3.05) is 23.7 Å². The van der Waals surface area contributed by atoms with E-state index in [0.29, 0.717) is 5.41 Å². The number of piperidine rings is 1. The van der Waals surface area contributed by atoms with Crippen LogP contribution in [0.25, 0.3) is 10.9 Å². The van der Waals surface area contributed by atoms with E-state index in [0.717, 1.165) is 35.5 Å². The summed E-state index contributed by atoms with van der Waals surface area (Å²) in [5.41, 5.74) is 8.06. The number of anilines is 2. The Morgan fingerprint density at radius 1 is 1.16 bits per heavy atom. The summed E-state index contributed by atoms with van der Waals surface area (Å²) in [6.45, 7) is 6.77. The lowest BCUT2D eigenvalue weighted by Gasteiger charge is -2.37. The molecule has 3 rings (SSSR count). The van der Waals surface area contributed by atoms with E-state index >= 15 is 0 Å². The Balaban J connectivity index is 1.99. The van der Waals surface area contributed by atoms with Gasteiger partial charge in [0.1, 0.15) is 12.1 Å². The van der Waals surface area contributed by atoms with E-state index < -0.39 is 0 Å².